The van der Waals surface area contributed by atoms with E-state index >= 15 is 0 Å². The van der Waals surface area contributed by atoms with Gasteiger partial charge in [0.05, 0.1) is 11.4 Å². The summed E-state index contributed by atoms with van der Waals surface area (Å²) in [6, 6.07) is 17.5. The molecule has 1 N–H and O–H groups in total. The first-order valence-electron chi connectivity index (χ1n) is 6.60. The van der Waals surface area contributed by atoms with Crippen molar-refractivity contribution in [1.82, 2.24) is 9.78 Å². The first-order chi connectivity index (χ1) is 9.65. The fourth-order valence-electron chi connectivity index (χ4n) is 2.40. The van der Waals surface area contributed by atoms with Crippen molar-refractivity contribution < 1.29 is 0 Å². The number of aromatic nitrogens is 2. The lowest BCUT2D eigenvalue weighted by Gasteiger charge is -2.07. The van der Waals surface area contributed by atoms with Crippen molar-refractivity contribution in [2.75, 3.05) is 0 Å². The van der Waals surface area contributed by atoms with Crippen LogP contribution in [0.3, 0.4) is 0 Å². The second-order valence-corrected chi connectivity index (χ2v) is 5.00. The second kappa shape index (κ2) is 4.85. The number of hydrogen-bond acceptors (Lipinski definition) is 1. The first-order valence-corrected chi connectivity index (χ1v) is 6.60. The van der Waals surface area contributed by atoms with Crippen LogP contribution in [0.15, 0.2) is 59.4 Å². The maximum atomic E-state index is 12.2. The third-order valence-electron chi connectivity index (χ3n) is 3.40. The Morgan fingerprint density at radius 1 is 0.950 bits per heavy atom. The molecule has 0 aliphatic rings. The van der Waals surface area contributed by atoms with Gasteiger partial charge in [0.15, 0.2) is 0 Å². The largest absolute Gasteiger partial charge is 0.290 e. The first kappa shape index (κ1) is 12.5. The average Bonchev–Trinajstić information content (AvgIpc) is 2.82. The van der Waals surface area contributed by atoms with E-state index in [1.807, 2.05) is 56.3 Å². The predicted octanol–water partition coefficient (Wildman–Crippen LogP) is 3.45. The Kier molecular flexibility index (Phi) is 3.03. The summed E-state index contributed by atoms with van der Waals surface area (Å²) in [6.07, 6.45) is 0. The highest BCUT2D eigenvalue weighted by molar-refractivity contribution is 5.59. The van der Waals surface area contributed by atoms with Crippen LogP contribution in [0.2, 0.25) is 0 Å². The standard InChI is InChI=1S/C17H16N2O/c1-12-8-9-16(13(2)10-12)19-17(20)11-15(18-19)14-6-4-3-5-7-14/h3-11,18H,1-2H3. The van der Waals surface area contributed by atoms with Gasteiger partial charge in [0.25, 0.3) is 5.56 Å². The van der Waals surface area contributed by atoms with E-state index in [1.165, 1.54) is 5.56 Å². The fourth-order valence-corrected chi connectivity index (χ4v) is 2.40. The Morgan fingerprint density at radius 2 is 1.70 bits per heavy atom. The van der Waals surface area contributed by atoms with Gasteiger partial charge in [-0.05, 0) is 31.0 Å². The van der Waals surface area contributed by atoms with Crippen LogP contribution >= 0.6 is 0 Å². The van der Waals surface area contributed by atoms with Gasteiger partial charge in [0.1, 0.15) is 0 Å². The van der Waals surface area contributed by atoms with E-state index < -0.39 is 0 Å². The lowest BCUT2D eigenvalue weighted by Crippen LogP contribution is -2.14. The van der Waals surface area contributed by atoms with E-state index in [0.717, 1.165) is 22.5 Å². The van der Waals surface area contributed by atoms with Crippen LogP contribution in [0, 0.1) is 13.8 Å². The topological polar surface area (TPSA) is 37.8 Å². The molecular formula is C17H16N2O. The van der Waals surface area contributed by atoms with Crippen molar-refractivity contribution in [3.8, 4) is 16.9 Å². The summed E-state index contributed by atoms with van der Waals surface area (Å²) >= 11 is 0. The molecule has 0 radical (unpaired) electrons. The Bertz CT molecular complexity index is 797. The summed E-state index contributed by atoms with van der Waals surface area (Å²) in [6.45, 7) is 4.06. The maximum Gasteiger partial charge on any atom is 0.271 e. The molecule has 0 spiro atoms. The minimum atomic E-state index is -0.0455. The number of H-pyrrole nitrogens is 1. The van der Waals surface area contributed by atoms with Crippen molar-refractivity contribution in [2.45, 2.75) is 13.8 Å². The van der Waals surface area contributed by atoms with E-state index in [0.29, 0.717) is 0 Å². The Balaban J connectivity index is 2.12. The predicted molar refractivity (Wildman–Crippen MR) is 81.3 cm³/mol. The zero-order chi connectivity index (χ0) is 14.1. The summed E-state index contributed by atoms with van der Waals surface area (Å²) in [4.78, 5) is 12.2. The van der Waals surface area contributed by atoms with Crippen molar-refractivity contribution in [1.29, 1.82) is 0 Å². The quantitative estimate of drug-likeness (QED) is 0.756. The molecule has 3 nitrogen and oxygen atoms in total. The Labute approximate surface area is 117 Å². The van der Waals surface area contributed by atoms with Crippen molar-refractivity contribution in [3.05, 3.63) is 76.1 Å². The molecule has 3 heteroatoms. The van der Waals surface area contributed by atoms with Crippen LogP contribution in [0.25, 0.3) is 16.9 Å². The van der Waals surface area contributed by atoms with Crippen LogP contribution in [-0.2, 0) is 0 Å². The molecule has 0 unspecified atom stereocenters. The maximum absolute atomic E-state index is 12.2. The molecule has 2 aromatic carbocycles. The van der Waals surface area contributed by atoms with E-state index in [9.17, 15) is 4.79 Å². The zero-order valence-electron chi connectivity index (χ0n) is 11.6. The summed E-state index contributed by atoms with van der Waals surface area (Å²) in [5.41, 5.74) is 4.95. The molecule has 0 saturated carbocycles. The molecule has 3 aromatic rings. The highest BCUT2D eigenvalue weighted by atomic mass is 16.1. The smallest absolute Gasteiger partial charge is 0.271 e. The van der Waals surface area contributed by atoms with Crippen molar-refractivity contribution in [2.24, 2.45) is 0 Å². The van der Waals surface area contributed by atoms with Gasteiger partial charge in [0, 0.05) is 6.07 Å². The summed E-state index contributed by atoms with van der Waals surface area (Å²) in [5, 5.41) is 3.18. The van der Waals surface area contributed by atoms with Crippen LogP contribution in [0.5, 0.6) is 0 Å². The van der Waals surface area contributed by atoms with E-state index in [-0.39, 0.29) is 5.56 Å². The molecule has 0 aliphatic carbocycles. The molecular weight excluding hydrogens is 248 g/mol. The van der Waals surface area contributed by atoms with E-state index in [2.05, 4.69) is 11.2 Å². The molecule has 0 saturated heterocycles. The molecule has 100 valence electrons. The SMILES string of the molecule is Cc1ccc(-n2[nH]c(-c3ccccc3)cc2=O)c(C)c1. The Hall–Kier alpha value is -2.55. The van der Waals surface area contributed by atoms with Gasteiger partial charge in [-0.3, -0.25) is 9.89 Å². The fraction of sp³-hybridized carbons (Fsp3) is 0.118. The molecule has 0 aliphatic heterocycles. The monoisotopic (exact) mass is 264 g/mol. The van der Waals surface area contributed by atoms with Gasteiger partial charge < -0.3 is 0 Å². The number of benzene rings is 2. The lowest BCUT2D eigenvalue weighted by atomic mass is 10.1. The normalized spacial score (nSPS) is 10.7. The third-order valence-corrected chi connectivity index (χ3v) is 3.40. The number of rotatable bonds is 2. The van der Waals surface area contributed by atoms with Crippen molar-refractivity contribution in [3.63, 3.8) is 0 Å². The van der Waals surface area contributed by atoms with Gasteiger partial charge >= 0.3 is 0 Å². The second-order valence-electron chi connectivity index (χ2n) is 5.00. The van der Waals surface area contributed by atoms with E-state index in [1.54, 1.807) is 10.7 Å². The minimum Gasteiger partial charge on any atom is -0.290 e. The van der Waals surface area contributed by atoms with Crippen LogP contribution < -0.4 is 5.56 Å². The van der Waals surface area contributed by atoms with Gasteiger partial charge in [-0.25, -0.2) is 4.68 Å². The summed E-state index contributed by atoms with van der Waals surface area (Å²) in [5.74, 6) is 0. The molecule has 0 fully saturated rings. The summed E-state index contributed by atoms with van der Waals surface area (Å²) in [7, 11) is 0. The highest BCUT2D eigenvalue weighted by Gasteiger charge is 2.08. The Morgan fingerprint density at radius 3 is 2.40 bits per heavy atom. The highest BCUT2D eigenvalue weighted by Crippen LogP contribution is 2.18. The molecule has 3 rings (SSSR count). The minimum absolute atomic E-state index is 0.0455. The molecule has 20 heavy (non-hydrogen) atoms. The number of nitrogens with zero attached hydrogens (tertiary/aromatic N) is 1. The van der Waals surface area contributed by atoms with E-state index in [4.69, 9.17) is 0 Å². The number of aryl methyl sites for hydroxylation is 2. The number of nitrogens with one attached hydrogen (secondary N) is 1. The number of hydrogen-bond donors (Lipinski definition) is 1. The lowest BCUT2D eigenvalue weighted by molar-refractivity contribution is 0.845. The molecule has 1 aromatic heterocycles. The van der Waals surface area contributed by atoms with Gasteiger partial charge in [0.2, 0.25) is 0 Å². The molecule has 1 heterocycles. The average molecular weight is 264 g/mol. The van der Waals surface area contributed by atoms with Gasteiger partial charge in [-0.2, -0.15) is 0 Å². The van der Waals surface area contributed by atoms with Gasteiger partial charge in [-0.1, -0.05) is 48.0 Å². The molecule has 0 amide bonds. The number of aromatic amines is 1. The van der Waals surface area contributed by atoms with Crippen LogP contribution in [0.4, 0.5) is 0 Å². The molecule has 0 atom stereocenters. The summed E-state index contributed by atoms with van der Waals surface area (Å²) < 4.78 is 1.59. The van der Waals surface area contributed by atoms with Crippen LogP contribution in [-0.4, -0.2) is 9.78 Å². The van der Waals surface area contributed by atoms with Gasteiger partial charge in [-0.15, -0.1) is 0 Å². The third kappa shape index (κ3) is 2.18. The molecule has 0 bridgehead atoms. The van der Waals surface area contributed by atoms with Crippen LogP contribution in [0.1, 0.15) is 11.1 Å². The zero-order valence-corrected chi connectivity index (χ0v) is 11.6. The van der Waals surface area contributed by atoms with Crippen molar-refractivity contribution >= 4 is 0 Å².